The Labute approximate surface area is 129 Å². The van der Waals surface area contributed by atoms with Crippen LogP contribution in [-0.2, 0) is 4.79 Å². The number of nitrogens with zero attached hydrogens (tertiary/aromatic N) is 5. The molecule has 0 radical (unpaired) electrons. The van der Waals surface area contributed by atoms with Crippen LogP contribution in [0.3, 0.4) is 0 Å². The summed E-state index contributed by atoms with van der Waals surface area (Å²) in [5.74, 6) is 0.547. The summed E-state index contributed by atoms with van der Waals surface area (Å²) in [6.07, 6.45) is 3.17. The minimum Gasteiger partial charge on any atom is -0.461 e. The second kappa shape index (κ2) is 5.32. The first-order chi connectivity index (χ1) is 11.2. The average molecular weight is 315 g/mol. The van der Waals surface area contributed by atoms with Gasteiger partial charge in [-0.15, -0.1) is 5.10 Å². The number of ether oxygens (including phenoxy) is 1. The number of hydrogen-bond donors (Lipinski definition) is 2. The largest absolute Gasteiger partial charge is 0.461 e. The Kier molecular flexibility index (Phi) is 3.15. The van der Waals surface area contributed by atoms with Gasteiger partial charge in [-0.3, -0.25) is 0 Å². The summed E-state index contributed by atoms with van der Waals surface area (Å²) >= 11 is 0. The molecule has 0 spiro atoms. The van der Waals surface area contributed by atoms with Crippen LogP contribution >= 0.6 is 0 Å². The number of nitrogens with one attached hydrogen (secondary N) is 1. The molecular weight excluding hydrogens is 302 g/mol. The van der Waals surface area contributed by atoms with Crippen molar-refractivity contribution < 1.29 is 13.9 Å². The van der Waals surface area contributed by atoms with Gasteiger partial charge in [0, 0.05) is 0 Å². The molecule has 3 N–H and O–H groups in total. The summed E-state index contributed by atoms with van der Waals surface area (Å²) in [5.41, 5.74) is 5.82. The zero-order valence-corrected chi connectivity index (χ0v) is 12.0. The fourth-order valence-electron chi connectivity index (χ4n) is 2.39. The lowest BCUT2D eigenvalue weighted by Crippen LogP contribution is -2.34. The van der Waals surface area contributed by atoms with Crippen molar-refractivity contribution in [2.75, 3.05) is 12.3 Å². The van der Waals surface area contributed by atoms with Crippen LogP contribution in [0, 0.1) is 0 Å². The lowest BCUT2D eigenvalue weighted by atomic mass is 10.2. The molecule has 23 heavy (non-hydrogen) atoms. The standard InChI is InChI=1S/C13H13N7O3/c14-11-17-13(23-10(21)7-3-1-5-15-7)18-12-16-9(19-20(11)12)8-4-2-6-22-8/h2,4,6-7,15H,1,3,5H2,(H2,14,16,17,18,19)/t7-/m0/s1. The molecule has 10 heteroatoms. The molecule has 0 unspecified atom stereocenters. The van der Waals surface area contributed by atoms with Crippen LogP contribution in [-0.4, -0.2) is 43.1 Å². The molecule has 1 fully saturated rings. The van der Waals surface area contributed by atoms with Crippen molar-refractivity contribution in [1.29, 1.82) is 0 Å². The van der Waals surface area contributed by atoms with Crippen molar-refractivity contribution in [1.82, 2.24) is 29.9 Å². The second-order valence-electron chi connectivity index (χ2n) is 5.06. The molecular formula is C13H13N7O3. The molecule has 3 aromatic rings. The Morgan fingerprint density at radius 3 is 3.09 bits per heavy atom. The van der Waals surface area contributed by atoms with Crippen LogP contribution < -0.4 is 15.8 Å². The molecule has 10 nitrogen and oxygen atoms in total. The van der Waals surface area contributed by atoms with E-state index in [0.29, 0.717) is 11.6 Å². The molecule has 0 saturated carbocycles. The number of esters is 1. The van der Waals surface area contributed by atoms with Crippen LogP contribution in [0.5, 0.6) is 6.01 Å². The molecule has 1 atom stereocenters. The normalized spacial score (nSPS) is 17.7. The molecule has 1 saturated heterocycles. The van der Waals surface area contributed by atoms with Crippen molar-refractivity contribution in [2.24, 2.45) is 0 Å². The molecule has 0 aromatic carbocycles. The topological polar surface area (TPSA) is 133 Å². The maximum absolute atomic E-state index is 12.0. The van der Waals surface area contributed by atoms with E-state index in [1.54, 1.807) is 12.1 Å². The molecule has 1 aliphatic rings. The lowest BCUT2D eigenvalue weighted by molar-refractivity contribution is -0.136. The Morgan fingerprint density at radius 1 is 1.43 bits per heavy atom. The van der Waals surface area contributed by atoms with Gasteiger partial charge < -0.3 is 20.2 Å². The van der Waals surface area contributed by atoms with Crippen molar-refractivity contribution in [3.8, 4) is 17.6 Å². The van der Waals surface area contributed by atoms with Crippen molar-refractivity contribution >= 4 is 17.7 Å². The molecule has 3 aromatic heterocycles. The third-order valence-electron chi connectivity index (χ3n) is 3.49. The third kappa shape index (κ3) is 2.48. The molecule has 0 bridgehead atoms. The highest BCUT2D eigenvalue weighted by atomic mass is 16.5. The fraction of sp³-hybridized carbons (Fsp3) is 0.308. The monoisotopic (exact) mass is 315 g/mol. The predicted molar refractivity (Wildman–Crippen MR) is 77.4 cm³/mol. The van der Waals surface area contributed by atoms with Gasteiger partial charge in [-0.25, -0.2) is 4.79 Å². The first-order valence-corrected chi connectivity index (χ1v) is 7.10. The van der Waals surface area contributed by atoms with Gasteiger partial charge in [0.2, 0.25) is 11.8 Å². The summed E-state index contributed by atoms with van der Waals surface area (Å²) in [5, 5.41) is 7.21. The first kappa shape index (κ1) is 13.6. The summed E-state index contributed by atoms with van der Waals surface area (Å²) in [6.45, 7) is 0.790. The number of aromatic nitrogens is 5. The van der Waals surface area contributed by atoms with Gasteiger partial charge in [-0.05, 0) is 31.5 Å². The number of nitrogens with two attached hydrogens (primary N) is 1. The van der Waals surface area contributed by atoms with Gasteiger partial charge in [0.05, 0.1) is 6.26 Å². The maximum Gasteiger partial charge on any atom is 0.331 e. The van der Waals surface area contributed by atoms with E-state index >= 15 is 0 Å². The Morgan fingerprint density at radius 2 is 2.35 bits per heavy atom. The number of hydrogen-bond acceptors (Lipinski definition) is 9. The van der Waals surface area contributed by atoms with E-state index in [2.05, 4.69) is 25.4 Å². The van der Waals surface area contributed by atoms with Crippen LogP contribution in [0.2, 0.25) is 0 Å². The van der Waals surface area contributed by atoms with Crippen molar-refractivity contribution in [3.05, 3.63) is 18.4 Å². The van der Waals surface area contributed by atoms with E-state index in [-0.39, 0.29) is 23.8 Å². The number of anilines is 1. The average Bonchev–Trinajstić information content (AvgIpc) is 3.27. The zero-order chi connectivity index (χ0) is 15.8. The van der Waals surface area contributed by atoms with E-state index in [1.165, 1.54) is 10.8 Å². The number of carbonyl (C=O) groups is 1. The lowest BCUT2D eigenvalue weighted by Gasteiger charge is -2.08. The number of furan rings is 1. The zero-order valence-electron chi connectivity index (χ0n) is 12.0. The molecule has 0 aliphatic carbocycles. The molecule has 1 aliphatic heterocycles. The summed E-state index contributed by atoms with van der Waals surface area (Å²) in [7, 11) is 0. The van der Waals surface area contributed by atoms with Crippen LogP contribution in [0.4, 0.5) is 5.95 Å². The van der Waals surface area contributed by atoms with Crippen LogP contribution in [0.1, 0.15) is 12.8 Å². The number of nitrogen functional groups attached to an aromatic ring is 1. The summed E-state index contributed by atoms with van der Waals surface area (Å²) < 4.78 is 11.7. The van der Waals surface area contributed by atoms with Crippen molar-refractivity contribution in [2.45, 2.75) is 18.9 Å². The van der Waals surface area contributed by atoms with Gasteiger partial charge in [0.15, 0.2) is 5.76 Å². The maximum atomic E-state index is 12.0. The Balaban J connectivity index is 1.65. The van der Waals surface area contributed by atoms with E-state index in [4.69, 9.17) is 14.9 Å². The molecule has 118 valence electrons. The smallest absolute Gasteiger partial charge is 0.331 e. The number of carbonyl (C=O) groups excluding carboxylic acids is 1. The predicted octanol–water partition coefficient (Wildman–Crippen LogP) is 0.0189. The van der Waals surface area contributed by atoms with E-state index in [0.717, 1.165) is 19.4 Å². The quantitative estimate of drug-likeness (QED) is 0.641. The van der Waals surface area contributed by atoms with Gasteiger partial charge >= 0.3 is 12.0 Å². The third-order valence-corrected chi connectivity index (χ3v) is 3.49. The van der Waals surface area contributed by atoms with E-state index < -0.39 is 5.97 Å². The minimum atomic E-state index is -0.433. The number of rotatable bonds is 3. The van der Waals surface area contributed by atoms with Gasteiger partial charge in [-0.1, -0.05) is 0 Å². The minimum absolute atomic E-state index is 0.0162. The second-order valence-corrected chi connectivity index (χ2v) is 5.06. The summed E-state index contributed by atoms with van der Waals surface area (Å²) in [4.78, 5) is 24.2. The highest BCUT2D eigenvalue weighted by molar-refractivity contribution is 5.78. The first-order valence-electron chi connectivity index (χ1n) is 7.10. The van der Waals surface area contributed by atoms with Gasteiger partial charge in [0.1, 0.15) is 6.04 Å². The molecule has 4 heterocycles. The Hall–Kier alpha value is -3.01. The highest BCUT2D eigenvalue weighted by Crippen LogP contribution is 2.18. The molecule has 0 amide bonds. The van der Waals surface area contributed by atoms with E-state index in [9.17, 15) is 4.79 Å². The van der Waals surface area contributed by atoms with E-state index in [1.807, 2.05) is 0 Å². The SMILES string of the molecule is Nc1nc(OC(=O)[C@@H]2CCCN2)nc2nc(-c3ccco3)nn12. The van der Waals surface area contributed by atoms with Gasteiger partial charge in [0.25, 0.3) is 5.78 Å². The van der Waals surface area contributed by atoms with Crippen molar-refractivity contribution in [3.63, 3.8) is 0 Å². The van der Waals surface area contributed by atoms with Gasteiger partial charge in [-0.2, -0.15) is 19.5 Å². The summed E-state index contributed by atoms with van der Waals surface area (Å²) in [6, 6.07) is 2.95. The van der Waals surface area contributed by atoms with Crippen LogP contribution in [0.15, 0.2) is 22.8 Å². The highest BCUT2D eigenvalue weighted by Gasteiger charge is 2.25. The Bertz CT molecular complexity index is 852. The fourth-order valence-corrected chi connectivity index (χ4v) is 2.39. The molecule has 4 rings (SSSR count). The van der Waals surface area contributed by atoms with Crippen LogP contribution in [0.25, 0.3) is 17.4 Å². The number of fused-ring (bicyclic) bond motifs is 1.